The molecular formula is C11H15IN2O2. The average Bonchev–Trinajstić information content (AvgIpc) is 2.08. The lowest BCUT2D eigenvalue weighted by Gasteiger charge is -2.19. The van der Waals surface area contributed by atoms with Gasteiger partial charge in [-0.25, -0.2) is 9.78 Å². The minimum Gasteiger partial charge on any atom is -0.444 e. The van der Waals surface area contributed by atoms with Crippen LogP contribution in [0.15, 0.2) is 12.1 Å². The molecule has 1 rings (SSSR count). The number of aromatic nitrogens is 1. The Morgan fingerprint density at radius 1 is 1.44 bits per heavy atom. The minimum atomic E-state index is -0.498. The Hall–Kier alpha value is -0.850. The second kappa shape index (κ2) is 4.99. The summed E-state index contributed by atoms with van der Waals surface area (Å²) in [7, 11) is 0. The number of ether oxygens (including phenoxy) is 1. The number of carbonyl (C=O) groups excluding carboxylic acids is 1. The van der Waals surface area contributed by atoms with Gasteiger partial charge in [-0.1, -0.05) is 0 Å². The molecule has 1 aromatic heterocycles. The number of carbonyl (C=O) groups is 1. The van der Waals surface area contributed by atoms with Gasteiger partial charge >= 0.3 is 6.09 Å². The third-order valence-corrected chi connectivity index (χ3v) is 2.79. The zero-order valence-electron chi connectivity index (χ0n) is 9.80. The number of amides is 1. The fourth-order valence-electron chi connectivity index (χ4n) is 1.02. The molecule has 0 saturated heterocycles. The van der Waals surface area contributed by atoms with Crippen molar-refractivity contribution in [3.8, 4) is 0 Å². The molecule has 0 aromatic carbocycles. The van der Waals surface area contributed by atoms with E-state index in [-0.39, 0.29) is 0 Å². The van der Waals surface area contributed by atoms with Crippen molar-refractivity contribution in [2.24, 2.45) is 0 Å². The number of aryl methyl sites for hydroxylation is 1. The summed E-state index contributed by atoms with van der Waals surface area (Å²) in [5.41, 5.74) is 0.386. The number of hydrogen-bond donors (Lipinski definition) is 1. The largest absolute Gasteiger partial charge is 0.444 e. The molecule has 1 amide bonds. The van der Waals surface area contributed by atoms with Crippen LogP contribution in [0.2, 0.25) is 0 Å². The number of pyridine rings is 1. The van der Waals surface area contributed by atoms with Crippen LogP contribution in [0, 0.1) is 10.5 Å². The van der Waals surface area contributed by atoms with Crippen LogP contribution in [0.3, 0.4) is 0 Å². The third-order valence-electron chi connectivity index (χ3n) is 1.65. The Kier molecular flexibility index (Phi) is 4.12. The van der Waals surface area contributed by atoms with E-state index in [1.807, 2.05) is 33.8 Å². The summed E-state index contributed by atoms with van der Waals surface area (Å²) in [6, 6.07) is 3.65. The van der Waals surface area contributed by atoms with Crippen LogP contribution in [-0.4, -0.2) is 16.7 Å². The quantitative estimate of drug-likeness (QED) is 0.802. The van der Waals surface area contributed by atoms with E-state index >= 15 is 0 Å². The lowest BCUT2D eigenvalue weighted by atomic mass is 10.2. The van der Waals surface area contributed by atoms with Crippen molar-refractivity contribution in [1.29, 1.82) is 0 Å². The second-order valence-corrected chi connectivity index (χ2v) is 5.55. The van der Waals surface area contributed by atoms with Crippen LogP contribution < -0.4 is 5.32 Å². The fraction of sp³-hybridized carbons (Fsp3) is 0.455. The van der Waals surface area contributed by atoms with E-state index < -0.39 is 11.7 Å². The number of nitrogens with zero attached hydrogens (tertiary/aromatic N) is 1. The molecule has 0 aliphatic heterocycles. The molecule has 88 valence electrons. The van der Waals surface area contributed by atoms with Gasteiger partial charge in [0.2, 0.25) is 0 Å². The highest BCUT2D eigenvalue weighted by molar-refractivity contribution is 14.1. The van der Waals surface area contributed by atoms with E-state index in [0.717, 1.165) is 9.26 Å². The van der Waals surface area contributed by atoms with Crippen molar-refractivity contribution in [3.05, 3.63) is 21.4 Å². The van der Waals surface area contributed by atoms with Gasteiger partial charge in [-0.05, 0) is 62.4 Å². The van der Waals surface area contributed by atoms with Crippen LogP contribution in [0.1, 0.15) is 26.5 Å². The molecule has 0 aliphatic rings. The van der Waals surface area contributed by atoms with E-state index in [4.69, 9.17) is 4.74 Å². The molecule has 0 unspecified atom stereocenters. The highest BCUT2D eigenvalue weighted by Gasteiger charge is 2.16. The van der Waals surface area contributed by atoms with Crippen LogP contribution in [0.25, 0.3) is 0 Å². The number of anilines is 1. The van der Waals surface area contributed by atoms with Gasteiger partial charge in [0, 0.05) is 3.57 Å². The molecular weight excluding hydrogens is 319 g/mol. The predicted octanol–water partition coefficient (Wildman–Crippen LogP) is 3.34. The van der Waals surface area contributed by atoms with Crippen LogP contribution >= 0.6 is 22.6 Å². The fourth-order valence-corrected chi connectivity index (χ4v) is 1.32. The summed E-state index contributed by atoms with van der Waals surface area (Å²) >= 11 is 2.19. The van der Waals surface area contributed by atoms with Gasteiger partial charge in [0.25, 0.3) is 0 Å². The molecule has 1 heterocycles. The molecule has 0 saturated carbocycles. The van der Waals surface area contributed by atoms with Crippen LogP contribution in [-0.2, 0) is 4.74 Å². The Balaban J connectivity index is 2.67. The van der Waals surface area contributed by atoms with E-state index in [0.29, 0.717) is 5.82 Å². The first-order chi connectivity index (χ1) is 7.28. The van der Waals surface area contributed by atoms with E-state index in [2.05, 4.69) is 32.9 Å². The molecule has 0 radical (unpaired) electrons. The predicted molar refractivity (Wildman–Crippen MR) is 71.5 cm³/mol. The van der Waals surface area contributed by atoms with Crippen LogP contribution in [0.5, 0.6) is 0 Å². The monoisotopic (exact) mass is 334 g/mol. The molecule has 0 bridgehead atoms. The van der Waals surface area contributed by atoms with Gasteiger partial charge in [-0.2, -0.15) is 0 Å². The Morgan fingerprint density at radius 2 is 2.06 bits per heavy atom. The van der Waals surface area contributed by atoms with Gasteiger partial charge in [0.05, 0.1) is 5.69 Å². The van der Waals surface area contributed by atoms with Gasteiger partial charge in [0.1, 0.15) is 11.4 Å². The molecule has 1 aromatic rings. The maximum atomic E-state index is 11.4. The summed E-state index contributed by atoms with van der Waals surface area (Å²) < 4.78 is 6.18. The molecule has 0 fully saturated rings. The normalized spacial score (nSPS) is 11.1. The zero-order valence-corrected chi connectivity index (χ0v) is 12.0. The molecule has 5 heteroatoms. The maximum absolute atomic E-state index is 11.4. The van der Waals surface area contributed by atoms with Crippen molar-refractivity contribution < 1.29 is 9.53 Å². The molecule has 4 nitrogen and oxygen atoms in total. The first kappa shape index (κ1) is 13.2. The minimum absolute atomic E-state index is 0.486. The van der Waals surface area contributed by atoms with Crippen LogP contribution in [0.4, 0.5) is 10.6 Å². The Labute approximate surface area is 109 Å². The second-order valence-electron chi connectivity index (χ2n) is 4.39. The van der Waals surface area contributed by atoms with Crippen molar-refractivity contribution in [2.75, 3.05) is 5.32 Å². The first-order valence-electron chi connectivity index (χ1n) is 4.91. The summed E-state index contributed by atoms with van der Waals surface area (Å²) in [6.45, 7) is 7.35. The van der Waals surface area contributed by atoms with Gasteiger partial charge in [-0.15, -0.1) is 0 Å². The summed E-state index contributed by atoms with van der Waals surface area (Å²) in [6.07, 6.45) is -0.486. The number of hydrogen-bond acceptors (Lipinski definition) is 3. The van der Waals surface area contributed by atoms with Crippen molar-refractivity contribution >= 4 is 34.5 Å². The van der Waals surface area contributed by atoms with E-state index in [9.17, 15) is 4.79 Å². The molecule has 16 heavy (non-hydrogen) atoms. The van der Waals surface area contributed by atoms with Crippen molar-refractivity contribution in [3.63, 3.8) is 0 Å². The molecule has 1 N–H and O–H groups in total. The molecule has 0 spiro atoms. The number of halogens is 1. The van der Waals surface area contributed by atoms with Gasteiger partial charge in [-0.3, -0.25) is 5.32 Å². The topological polar surface area (TPSA) is 51.2 Å². The lowest BCUT2D eigenvalue weighted by Crippen LogP contribution is -2.27. The van der Waals surface area contributed by atoms with E-state index in [1.54, 1.807) is 6.07 Å². The summed E-state index contributed by atoms with van der Waals surface area (Å²) in [5, 5.41) is 2.59. The Bertz CT molecular complexity index is 399. The summed E-state index contributed by atoms with van der Waals surface area (Å²) in [4.78, 5) is 15.7. The highest BCUT2D eigenvalue weighted by Crippen LogP contribution is 2.14. The highest BCUT2D eigenvalue weighted by atomic mass is 127. The van der Waals surface area contributed by atoms with Gasteiger partial charge in [0.15, 0.2) is 0 Å². The van der Waals surface area contributed by atoms with Gasteiger partial charge < -0.3 is 4.74 Å². The average molecular weight is 334 g/mol. The van der Waals surface area contributed by atoms with Crippen molar-refractivity contribution in [2.45, 2.75) is 33.3 Å². The summed E-state index contributed by atoms with van der Waals surface area (Å²) in [5.74, 6) is 0.507. The molecule has 0 aliphatic carbocycles. The third kappa shape index (κ3) is 4.34. The first-order valence-corrected chi connectivity index (χ1v) is 5.99. The lowest BCUT2D eigenvalue weighted by molar-refractivity contribution is 0.0635. The SMILES string of the molecule is Cc1nc(NC(=O)OC(C)(C)C)ccc1I. The van der Waals surface area contributed by atoms with E-state index in [1.165, 1.54) is 0 Å². The molecule has 0 atom stereocenters. The zero-order chi connectivity index (χ0) is 12.3. The Morgan fingerprint density at radius 3 is 2.56 bits per heavy atom. The number of rotatable bonds is 1. The smallest absolute Gasteiger partial charge is 0.413 e. The maximum Gasteiger partial charge on any atom is 0.413 e. The standard InChI is InChI=1S/C11H15IN2O2/c1-7-8(12)5-6-9(13-7)14-10(15)16-11(2,3)4/h5-6H,1-4H3,(H,13,14,15). The van der Waals surface area contributed by atoms with Crippen molar-refractivity contribution in [1.82, 2.24) is 4.98 Å². The number of nitrogens with one attached hydrogen (secondary N) is 1.